The molecular formula is C21H30ClN3O6. The minimum atomic E-state index is -0.593. The summed E-state index contributed by atoms with van der Waals surface area (Å²) in [4.78, 5) is 25.4. The van der Waals surface area contributed by atoms with Crippen LogP contribution >= 0.6 is 11.6 Å². The number of hydrogen-bond donors (Lipinski definition) is 1. The van der Waals surface area contributed by atoms with Crippen molar-refractivity contribution in [1.29, 1.82) is 0 Å². The number of carbonyl (C=O) groups excluding carboxylic acids is 1. The van der Waals surface area contributed by atoms with E-state index < -0.39 is 10.5 Å². The van der Waals surface area contributed by atoms with E-state index in [1.54, 1.807) is 4.90 Å². The van der Waals surface area contributed by atoms with Crippen LogP contribution in [0, 0.1) is 10.1 Å². The SMILES string of the molecule is CC(C)(C)OC(=O)N1CCCCC(Nc2c([N+](=O)[O-])ccc(OC3CCOC3)c2Cl)C1. The van der Waals surface area contributed by atoms with E-state index in [1.165, 1.54) is 12.1 Å². The normalized spacial score (nSPS) is 22.0. The van der Waals surface area contributed by atoms with E-state index >= 15 is 0 Å². The van der Waals surface area contributed by atoms with E-state index in [-0.39, 0.29) is 34.6 Å². The van der Waals surface area contributed by atoms with E-state index in [0.717, 1.165) is 25.7 Å². The molecule has 0 saturated carbocycles. The minimum absolute atomic E-state index is 0.131. The van der Waals surface area contributed by atoms with Crippen LogP contribution in [0.3, 0.4) is 0 Å². The van der Waals surface area contributed by atoms with Crippen molar-refractivity contribution < 1.29 is 23.9 Å². The van der Waals surface area contributed by atoms with Gasteiger partial charge >= 0.3 is 6.09 Å². The summed E-state index contributed by atoms with van der Waals surface area (Å²) < 4.78 is 16.7. The summed E-state index contributed by atoms with van der Waals surface area (Å²) in [5.74, 6) is 0.378. The van der Waals surface area contributed by atoms with Gasteiger partial charge in [-0.25, -0.2) is 4.79 Å². The molecule has 0 aromatic heterocycles. The Morgan fingerprint density at radius 2 is 2.10 bits per heavy atom. The molecule has 2 heterocycles. The van der Waals surface area contributed by atoms with Gasteiger partial charge in [0.25, 0.3) is 5.69 Å². The predicted molar refractivity (Wildman–Crippen MR) is 117 cm³/mol. The Balaban J connectivity index is 1.80. The van der Waals surface area contributed by atoms with Crippen LogP contribution in [0.25, 0.3) is 0 Å². The summed E-state index contributed by atoms with van der Waals surface area (Å²) in [5, 5.41) is 15.0. The minimum Gasteiger partial charge on any atom is -0.486 e. The van der Waals surface area contributed by atoms with Crippen LogP contribution in [-0.4, -0.2) is 60.0 Å². The standard InChI is InChI=1S/C21H30ClN3O6/c1-21(2,3)31-20(26)24-10-5-4-6-14(12-24)23-19-16(25(27)28)7-8-17(18(19)22)30-15-9-11-29-13-15/h7-8,14-15,23H,4-6,9-13H2,1-3H3. The van der Waals surface area contributed by atoms with Crippen LogP contribution in [0.15, 0.2) is 12.1 Å². The van der Waals surface area contributed by atoms with Gasteiger partial charge in [0.2, 0.25) is 0 Å². The summed E-state index contributed by atoms with van der Waals surface area (Å²) in [7, 11) is 0. The van der Waals surface area contributed by atoms with Gasteiger partial charge in [-0.1, -0.05) is 11.6 Å². The summed E-state index contributed by atoms with van der Waals surface area (Å²) in [5.41, 5.74) is -0.517. The molecule has 2 aliphatic heterocycles. The fourth-order valence-corrected chi connectivity index (χ4v) is 3.93. The molecule has 2 atom stereocenters. The van der Waals surface area contributed by atoms with Crippen molar-refractivity contribution in [3.8, 4) is 5.75 Å². The maximum Gasteiger partial charge on any atom is 0.410 e. The quantitative estimate of drug-likeness (QED) is 0.510. The number of hydrogen-bond acceptors (Lipinski definition) is 7. The van der Waals surface area contributed by atoms with Crippen LogP contribution in [0.5, 0.6) is 5.75 Å². The molecule has 3 rings (SSSR count). The van der Waals surface area contributed by atoms with Gasteiger partial charge in [-0.3, -0.25) is 10.1 Å². The lowest BCUT2D eigenvalue weighted by molar-refractivity contribution is -0.384. The molecule has 1 aromatic rings. The fraction of sp³-hybridized carbons (Fsp3) is 0.667. The molecule has 1 amide bonds. The molecule has 9 nitrogen and oxygen atoms in total. The topological polar surface area (TPSA) is 103 Å². The summed E-state index contributed by atoms with van der Waals surface area (Å²) >= 11 is 6.54. The van der Waals surface area contributed by atoms with Crippen molar-refractivity contribution in [2.45, 2.75) is 64.2 Å². The number of nitro groups is 1. The Hall–Kier alpha value is -2.26. The van der Waals surface area contributed by atoms with Gasteiger partial charge in [-0.2, -0.15) is 0 Å². The highest BCUT2D eigenvalue weighted by molar-refractivity contribution is 6.35. The molecule has 0 radical (unpaired) electrons. The molecule has 0 spiro atoms. The number of ether oxygens (including phenoxy) is 3. The van der Waals surface area contributed by atoms with Crippen molar-refractivity contribution in [2.75, 3.05) is 31.6 Å². The van der Waals surface area contributed by atoms with E-state index in [9.17, 15) is 14.9 Å². The first kappa shape index (κ1) is 23.4. The number of likely N-dealkylation sites (tertiary alicyclic amines) is 1. The first-order chi connectivity index (χ1) is 14.6. The first-order valence-corrected chi connectivity index (χ1v) is 11.0. The Bertz CT molecular complexity index is 807. The molecule has 0 aliphatic carbocycles. The zero-order valence-electron chi connectivity index (χ0n) is 18.2. The van der Waals surface area contributed by atoms with E-state index in [1.807, 2.05) is 20.8 Å². The molecule has 2 aliphatic rings. The van der Waals surface area contributed by atoms with Crippen LogP contribution in [0.1, 0.15) is 46.5 Å². The molecule has 1 aromatic carbocycles. The van der Waals surface area contributed by atoms with Gasteiger partial charge in [0.1, 0.15) is 28.2 Å². The van der Waals surface area contributed by atoms with Crippen molar-refractivity contribution >= 4 is 29.1 Å². The van der Waals surface area contributed by atoms with Crippen molar-refractivity contribution in [3.05, 3.63) is 27.3 Å². The van der Waals surface area contributed by atoms with Crippen LogP contribution in [0.2, 0.25) is 5.02 Å². The Labute approximate surface area is 187 Å². The van der Waals surface area contributed by atoms with Crippen molar-refractivity contribution in [3.63, 3.8) is 0 Å². The third kappa shape index (κ3) is 6.36. The smallest absolute Gasteiger partial charge is 0.410 e. The van der Waals surface area contributed by atoms with Crippen LogP contribution < -0.4 is 10.1 Å². The second-order valence-electron chi connectivity index (χ2n) is 8.90. The molecular weight excluding hydrogens is 426 g/mol. The highest BCUT2D eigenvalue weighted by Crippen LogP contribution is 2.41. The highest BCUT2D eigenvalue weighted by Gasteiger charge is 2.30. The van der Waals surface area contributed by atoms with Gasteiger partial charge in [-0.05, 0) is 46.1 Å². The number of rotatable bonds is 5. The number of nitrogens with one attached hydrogen (secondary N) is 1. The number of nitro benzene ring substituents is 1. The number of amides is 1. The molecule has 10 heteroatoms. The first-order valence-electron chi connectivity index (χ1n) is 10.6. The van der Waals surface area contributed by atoms with Gasteiger partial charge in [-0.15, -0.1) is 0 Å². The van der Waals surface area contributed by atoms with Gasteiger partial charge in [0.15, 0.2) is 0 Å². The zero-order valence-corrected chi connectivity index (χ0v) is 18.9. The van der Waals surface area contributed by atoms with Crippen LogP contribution in [0.4, 0.5) is 16.2 Å². The summed E-state index contributed by atoms with van der Waals surface area (Å²) in [6.07, 6.45) is 2.67. The maximum atomic E-state index is 12.6. The largest absolute Gasteiger partial charge is 0.486 e. The molecule has 2 unspecified atom stereocenters. The third-order valence-electron chi connectivity index (χ3n) is 5.13. The maximum absolute atomic E-state index is 12.6. The number of anilines is 1. The number of nitrogens with zero attached hydrogens (tertiary/aromatic N) is 2. The third-order valence-corrected chi connectivity index (χ3v) is 5.51. The monoisotopic (exact) mass is 455 g/mol. The van der Waals surface area contributed by atoms with Crippen LogP contribution in [-0.2, 0) is 9.47 Å². The summed E-state index contributed by atoms with van der Waals surface area (Å²) in [6, 6.07) is 2.70. The van der Waals surface area contributed by atoms with Gasteiger partial charge < -0.3 is 24.4 Å². The molecule has 31 heavy (non-hydrogen) atoms. The Morgan fingerprint density at radius 1 is 1.32 bits per heavy atom. The average molecular weight is 456 g/mol. The highest BCUT2D eigenvalue weighted by atomic mass is 35.5. The Morgan fingerprint density at radius 3 is 2.74 bits per heavy atom. The lowest BCUT2D eigenvalue weighted by Crippen LogP contribution is -2.42. The van der Waals surface area contributed by atoms with E-state index in [4.69, 9.17) is 25.8 Å². The van der Waals surface area contributed by atoms with Gasteiger partial charge in [0.05, 0.1) is 18.1 Å². The molecule has 2 fully saturated rings. The molecule has 1 N–H and O–H groups in total. The van der Waals surface area contributed by atoms with Gasteiger partial charge in [0, 0.05) is 31.6 Å². The molecule has 172 valence electrons. The van der Waals surface area contributed by atoms with Crippen molar-refractivity contribution in [2.24, 2.45) is 0 Å². The number of halogens is 1. The number of benzene rings is 1. The lowest BCUT2D eigenvalue weighted by atomic mass is 10.1. The predicted octanol–water partition coefficient (Wildman–Crippen LogP) is 4.62. The van der Waals surface area contributed by atoms with E-state index in [2.05, 4.69) is 5.32 Å². The average Bonchev–Trinajstić information content (AvgIpc) is 3.07. The van der Waals surface area contributed by atoms with E-state index in [0.29, 0.717) is 32.1 Å². The molecule has 0 bridgehead atoms. The summed E-state index contributed by atoms with van der Waals surface area (Å²) in [6.45, 7) is 7.48. The lowest BCUT2D eigenvalue weighted by Gasteiger charge is -2.29. The fourth-order valence-electron chi connectivity index (χ4n) is 3.67. The second kappa shape index (κ2) is 9.91. The Kier molecular flexibility index (Phi) is 7.48. The van der Waals surface area contributed by atoms with Crippen molar-refractivity contribution in [1.82, 2.24) is 4.90 Å². The molecule has 2 saturated heterocycles. The zero-order chi connectivity index (χ0) is 22.6. The number of carbonyl (C=O) groups is 1. The second-order valence-corrected chi connectivity index (χ2v) is 9.27.